The topological polar surface area (TPSA) is 63.6 Å². The molecule has 0 radical (unpaired) electrons. The highest BCUT2D eigenvalue weighted by Gasteiger charge is 2.47. The van der Waals surface area contributed by atoms with Gasteiger partial charge in [-0.1, -0.05) is 23.7 Å². The molecule has 2 aromatic heterocycles. The number of aromatic nitrogens is 1. The van der Waals surface area contributed by atoms with Crippen LogP contribution < -0.4 is 5.32 Å². The molecule has 3 aromatic rings. The Morgan fingerprint density at radius 1 is 1.34 bits per heavy atom. The second kappa shape index (κ2) is 7.82. The molecule has 1 N–H and O–H groups in total. The Bertz CT molecular complexity index is 1080. The number of methoxy groups -OCH3 is 1. The molecule has 1 aromatic carbocycles. The van der Waals surface area contributed by atoms with E-state index >= 15 is 0 Å². The Balaban J connectivity index is 1.75. The summed E-state index contributed by atoms with van der Waals surface area (Å²) in [6, 6.07) is 11.3. The summed E-state index contributed by atoms with van der Waals surface area (Å²) in [5.74, 6) is -0.363. The van der Waals surface area contributed by atoms with E-state index < -0.39 is 5.54 Å². The number of nitrogens with one attached hydrogen (secondary N) is 1. The number of fused-ring (bicyclic) bond motifs is 3. The normalized spacial score (nSPS) is 18.9. The fourth-order valence-corrected chi connectivity index (χ4v) is 4.89. The highest BCUT2D eigenvalue weighted by molar-refractivity contribution is 7.16. The molecule has 152 valence electrons. The van der Waals surface area contributed by atoms with Crippen LogP contribution in [0.5, 0.6) is 0 Å². The Kier molecular flexibility index (Phi) is 5.38. The molecule has 2 amide bonds. The van der Waals surface area contributed by atoms with Crippen molar-refractivity contribution in [3.63, 3.8) is 0 Å². The molecule has 0 spiro atoms. The molecule has 1 aliphatic heterocycles. The monoisotopic (exact) mass is 431 g/mol. The SMILES string of the molecule is COCCNC(=O)[C@@]1(C)Cn2c(cc3ccsc32)C(=O)N1Cc1cccc(Cl)c1. The molecule has 3 heterocycles. The minimum atomic E-state index is -1.05. The van der Waals surface area contributed by atoms with Crippen LogP contribution in [0.25, 0.3) is 10.2 Å². The minimum Gasteiger partial charge on any atom is -0.383 e. The van der Waals surface area contributed by atoms with Gasteiger partial charge in [0.25, 0.3) is 5.91 Å². The minimum absolute atomic E-state index is 0.163. The van der Waals surface area contributed by atoms with Crippen molar-refractivity contribution in [2.45, 2.75) is 25.6 Å². The summed E-state index contributed by atoms with van der Waals surface area (Å²) in [5.41, 5.74) is 0.440. The predicted octanol–water partition coefficient (Wildman–Crippen LogP) is 3.53. The van der Waals surface area contributed by atoms with Crippen LogP contribution in [0.2, 0.25) is 5.02 Å². The smallest absolute Gasteiger partial charge is 0.271 e. The molecule has 1 atom stereocenters. The van der Waals surface area contributed by atoms with Gasteiger partial charge in [0, 0.05) is 30.6 Å². The highest BCUT2D eigenvalue weighted by atomic mass is 35.5. The zero-order valence-corrected chi connectivity index (χ0v) is 17.8. The molecule has 29 heavy (non-hydrogen) atoms. The van der Waals surface area contributed by atoms with Crippen molar-refractivity contribution in [1.82, 2.24) is 14.8 Å². The van der Waals surface area contributed by atoms with Crippen LogP contribution in [-0.4, -0.2) is 47.1 Å². The molecule has 0 saturated carbocycles. The molecule has 0 bridgehead atoms. The van der Waals surface area contributed by atoms with Gasteiger partial charge >= 0.3 is 0 Å². The van der Waals surface area contributed by atoms with Crippen molar-refractivity contribution in [3.05, 3.63) is 58.1 Å². The fourth-order valence-electron chi connectivity index (χ4n) is 3.78. The molecular formula is C21H22ClN3O3S. The van der Waals surface area contributed by atoms with E-state index in [0.717, 1.165) is 15.8 Å². The van der Waals surface area contributed by atoms with Gasteiger partial charge < -0.3 is 19.5 Å². The lowest BCUT2D eigenvalue weighted by Gasteiger charge is -2.44. The molecule has 6 nitrogen and oxygen atoms in total. The fraction of sp³-hybridized carbons (Fsp3) is 0.333. The quantitative estimate of drug-likeness (QED) is 0.607. The molecule has 0 saturated heterocycles. The second-order valence-corrected chi connectivity index (χ2v) is 8.67. The van der Waals surface area contributed by atoms with Crippen molar-refractivity contribution >= 4 is 45.0 Å². The van der Waals surface area contributed by atoms with Crippen LogP contribution in [0.1, 0.15) is 23.0 Å². The summed E-state index contributed by atoms with van der Waals surface area (Å²) in [6.07, 6.45) is 0. The Morgan fingerprint density at radius 2 is 2.17 bits per heavy atom. The number of hydrogen-bond acceptors (Lipinski definition) is 4. The maximum absolute atomic E-state index is 13.5. The summed E-state index contributed by atoms with van der Waals surface area (Å²) in [4.78, 5) is 29.4. The summed E-state index contributed by atoms with van der Waals surface area (Å²) < 4.78 is 7.01. The largest absolute Gasteiger partial charge is 0.383 e. The van der Waals surface area contributed by atoms with E-state index in [1.165, 1.54) is 0 Å². The Hall–Kier alpha value is -2.35. The summed E-state index contributed by atoms with van der Waals surface area (Å²) in [5, 5.41) is 6.53. The summed E-state index contributed by atoms with van der Waals surface area (Å²) in [7, 11) is 1.59. The summed E-state index contributed by atoms with van der Waals surface area (Å²) >= 11 is 7.71. The number of benzene rings is 1. The van der Waals surface area contributed by atoms with Crippen LogP contribution in [0, 0.1) is 0 Å². The lowest BCUT2D eigenvalue weighted by atomic mass is 9.94. The first-order valence-corrected chi connectivity index (χ1v) is 10.6. The molecule has 4 rings (SSSR count). The number of amides is 2. The van der Waals surface area contributed by atoms with Gasteiger partial charge in [0.05, 0.1) is 13.2 Å². The maximum atomic E-state index is 13.5. The van der Waals surface area contributed by atoms with Crippen LogP contribution in [0.3, 0.4) is 0 Å². The third-order valence-corrected chi connectivity index (χ3v) is 6.53. The van der Waals surface area contributed by atoms with Gasteiger partial charge in [-0.05, 0) is 42.1 Å². The standard InChI is InChI=1S/C21H22ClN3O3S/c1-21(20(27)23-7-8-28-2)13-24-17(11-15-6-9-29-19(15)24)18(26)25(21)12-14-4-3-5-16(22)10-14/h3-6,9-11H,7-8,12-13H2,1-2H3,(H,23,27)/t21-/m1/s1. The summed E-state index contributed by atoms with van der Waals surface area (Å²) in [6.45, 7) is 3.30. The van der Waals surface area contributed by atoms with E-state index in [4.69, 9.17) is 16.3 Å². The third kappa shape index (κ3) is 3.54. The zero-order chi connectivity index (χ0) is 20.6. The average molecular weight is 432 g/mol. The number of nitrogens with zero attached hydrogens (tertiary/aromatic N) is 2. The van der Waals surface area contributed by atoms with E-state index in [2.05, 4.69) is 5.32 Å². The number of halogens is 1. The van der Waals surface area contributed by atoms with Crippen molar-refractivity contribution < 1.29 is 14.3 Å². The lowest BCUT2D eigenvalue weighted by Crippen LogP contribution is -2.63. The molecule has 1 aliphatic rings. The molecular weight excluding hydrogens is 410 g/mol. The van der Waals surface area contributed by atoms with Crippen LogP contribution in [0.15, 0.2) is 41.8 Å². The predicted molar refractivity (Wildman–Crippen MR) is 114 cm³/mol. The van der Waals surface area contributed by atoms with Crippen LogP contribution in [-0.2, 0) is 22.6 Å². The van der Waals surface area contributed by atoms with E-state index in [0.29, 0.717) is 37.0 Å². The van der Waals surface area contributed by atoms with E-state index in [1.807, 2.05) is 47.2 Å². The first kappa shape index (κ1) is 19.9. The Morgan fingerprint density at radius 3 is 2.93 bits per heavy atom. The third-order valence-electron chi connectivity index (χ3n) is 5.34. The Labute approximate surface area is 178 Å². The van der Waals surface area contributed by atoms with Crippen molar-refractivity contribution in [3.8, 4) is 0 Å². The van der Waals surface area contributed by atoms with E-state index in [9.17, 15) is 9.59 Å². The van der Waals surface area contributed by atoms with Gasteiger partial charge in [0.2, 0.25) is 5.91 Å². The van der Waals surface area contributed by atoms with Gasteiger partial charge in [0.15, 0.2) is 0 Å². The number of thiophene rings is 1. The number of carbonyl (C=O) groups is 2. The van der Waals surface area contributed by atoms with E-state index in [1.54, 1.807) is 29.4 Å². The highest BCUT2D eigenvalue weighted by Crippen LogP contribution is 2.35. The molecule has 0 fully saturated rings. The van der Waals surface area contributed by atoms with Gasteiger partial charge in [-0.2, -0.15) is 0 Å². The van der Waals surface area contributed by atoms with Crippen molar-refractivity contribution in [1.29, 1.82) is 0 Å². The van der Waals surface area contributed by atoms with Crippen molar-refractivity contribution in [2.24, 2.45) is 0 Å². The number of rotatable bonds is 6. The van der Waals surface area contributed by atoms with Crippen LogP contribution in [0.4, 0.5) is 0 Å². The molecule has 0 aliphatic carbocycles. The van der Waals surface area contributed by atoms with Gasteiger partial charge in [0.1, 0.15) is 16.1 Å². The number of hydrogen-bond donors (Lipinski definition) is 1. The van der Waals surface area contributed by atoms with Crippen molar-refractivity contribution in [2.75, 3.05) is 20.3 Å². The van der Waals surface area contributed by atoms with E-state index in [-0.39, 0.29) is 11.8 Å². The van der Waals surface area contributed by atoms with Gasteiger partial charge in [-0.15, -0.1) is 11.3 Å². The number of carbonyl (C=O) groups excluding carboxylic acids is 2. The maximum Gasteiger partial charge on any atom is 0.271 e. The van der Waals surface area contributed by atoms with Gasteiger partial charge in [-0.25, -0.2) is 0 Å². The van der Waals surface area contributed by atoms with Crippen LogP contribution >= 0.6 is 22.9 Å². The molecule has 8 heteroatoms. The molecule has 0 unspecified atom stereocenters. The zero-order valence-electron chi connectivity index (χ0n) is 16.3. The first-order valence-electron chi connectivity index (χ1n) is 9.34. The first-order chi connectivity index (χ1) is 13.9. The second-order valence-electron chi connectivity index (χ2n) is 7.34. The lowest BCUT2D eigenvalue weighted by molar-refractivity contribution is -0.133. The number of ether oxygens (including phenoxy) is 1. The van der Waals surface area contributed by atoms with Gasteiger partial charge in [-0.3, -0.25) is 9.59 Å². The average Bonchev–Trinajstić information content (AvgIpc) is 3.28.